The summed E-state index contributed by atoms with van der Waals surface area (Å²) in [6.45, 7) is 0. The van der Waals surface area contributed by atoms with Gasteiger partial charge in [-0.05, 0) is 6.07 Å². The zero-order chi connectivity index (χ0) is 11.4. The predicted molar refractivity (Wildman–Crippen MR) is 56.0 cm³/mol. The molecule has 82 valence electrons. The SMILES string of the molecule is O=C(O)c1ncccc1C(O)C(O)CBr. The molecule has 0 aliphatic rings. The maximum atomic E-state index is 10.8. The Kier molecular flexibility index (Phi) is 4.19. The molecule has 0 saturated carbocycles. The Labute approximate surface area is 94.5 Å². The standard InChI is InChI=1S/C9H10BrNO4/c10-4-6(12)8(13)5-2-1-3-11-7(5)9(14)15/h1-3,6,8,12-13H,4H2,(H,14,15). The molecule has 0 fully saturated rings. The second-order valence-corrected chi connectivity index (χ2v) is 3.56. The third kappa shape index (κ3) is 2.74. The zero-order valence-electron chi connectivity index (χ0n) is 7.67. The third-order valence-electron chi connectivity index (χ3n) is 1.88. The number of carboxylic acids is 1. The van der Waals surface area contributed by atoms with Crippen LogP contribution in [0, 0.1) is 0 Å². The fourth-order valence-corrected chi connectivity index (χ4v) is 1.48. The summed E-state index contributed by atoms with van der Waals surface area (Å²) in [5.41, 5.74) is -0.137. The minimum Gasteiger partial charge on any atom is -0.477 e. The molecule has 1 aromatic heterocycles. The van der Waals surface area contributed by atoms with Crippen molar-refractivity contribution in [3.05, 3.63) is 29.6 Å². The lowest BCUT2D eigenvalue weighted by Crippen LogP contribution is -2.22. The van der Waals surface area contributed by atoms with E-state index < -0.39 is 18.2 Å². The normalized spacial score (nSPS) is 14.6. The molecular weight excluding hydrogens is 266 g/mol. The Balaban J connectivity index is 3.07. The van der Waals surface area contributed by atoms with Gasteiger partial charge in [0, 0.05) is 17.1 Å². The summed E-state index contributed by atoms with van der Waals surface area (Å²) in [4.78, 5) is 14.4. The first kappa shape index (κ1) is 12.1. The van der Waals surface area contributed by atoms with Gasteiger partial charge < -0.3 is 15.3 Å². The van der Waals surface area contributed by atoms with E-state index >= 15 is 0 Å². The summed E-state index contributed by atoms with van der Waals surface area (Å²) in [6, 6.07) is 2.93. The number of carboxylic acid groups (broad SMARTS) is 1. The molecular formula is C9H10BrNO4. The first-order valence-electron chi connectivity index (χ1n) is 4.18. The van der Waals surface area contributed by atoms with E-state index in [4.69, 9.17) is 5.11 Å². The van der Waals surface area contributed by atoms with Gasteiger partial charge in [0.1, 0.15) is 6.10 Å². The van der Waals surface area contributed by atoms with Crippen molar-refractivity contribution in [3.63, 3.8) is 0 Å². The van der Waals surface area contributed by atoms with Crippen molar-refractivity contribution in [2.75, 3.05) is 5.33 Å². The molecule has 3 N–H and O–H groups in total. The number of hydrogen-bond acceptors (Lipinski definition) is 4. The zero-order valence-corrected chi connectivity index (χ0v) is 9.25. The Morgan fingerprint density at radius 3 is 2.73 bits per heavy atom. The fourth-order valence-electron chi connectivity index (χ4n) is 1.13. The van der Waals surface area contributed by atoms with Crippen LogP contribution in [0.4, 0.5) is 0 Å². The molecule has 15 heavy (non-hydrogen) atoms. The van der Waals surface area contributed by atoms with E-state index in [2.05, 4.69) is 20.9 Å². The number of halogens is 1. The van der Waals surface area contributed by atoms with Gasteiger partial charge in [-0.2, -0.15) is 0 Å². The lowest BCUT2D eigenvalue weighted by atomic mass is 10.0. The van der Waals surface area contributed by atoms with E-state index in [0.717, 1.165) is 0 Å². The second-order valence-electron chi connectivity index (χ2n) is 2.91. The topological polar surface area (TPSA) is 90.7 Å². The average Bonchev–Trinajstić information content (AvgIpc) is 2.27. The van der Waals surface area contributed by atoms with Crippen LogP contribution in [0.3, 0.4) is 0 Å². The second kappa shape index (κ2) is 5.20. The molecule has 5 nitrogen and oxygen atoms in total. The minimum atomic E-state index is -1.26. The first-order chi connectivity index (χ1) is 7.07. The van der Waals surface area contributed by atoms with Crippen molar-refractivity contribution in [1.82, 2.24) is 4.98 Å². The number of aromatic nitrogens is 1. The highest BCUT2D eigenvalue weighted by Crippen LogP contribution is 2.20. The Bertz CT molecular complexity index is 358. The van der Waals surface area contributed by atoms with Gasteiger partial charge in [0.15, 0.2) is 5.69 Å². The van der Waals surface area contributed by atoms with Crippen LogP contribution in [0.15, 0.2) is 18.3 Å². The summed E-state index contributed by atoms with van der Waals surface area (Å²) < 4.78 is 0. The molecule has 0 aromatic carbocycles. The van der Waals surface area contributed by atoms with Gasteiger partial charge >= 0.3 is 5.97 Å². The van der Waals surface area contributed by atoms with Crippen molar-refractivity contribution in [3.8, 4) is 0 Å². The Hall–Kier alpha value is -0.980. The molecule has 0 aliphatic heterocycles. The van der Waals surface area contributed by atoms with Crippen LogP contribution in [0.2, 0.25) is 0 Å². The number of aromatic carboxylic acids is 1. The van der Waals surface area contributed by atoms with Crippen LogP contribution < -0.4 is 0 Å². The van der Waals surface area contributed by atoms with Crippen LogP contribution in [-0.2, 0) is 0 Å². The number of pyridine rings is 1. The molecule has 0 saturated heterocycles. The largest absolute Gasteiger partial charge is 0.477 e. The van der Waals surface area contributed by atoms with Gasteiger partial charge in [0.05, 0.1) is 6.10 Å². The number of rotatable bonds is 4. The maximum absolute atomic E-state index is 10.8. The average molecular weight is 276 g/mol. The minimum absolute atomic E-state index is 0.108. The maximum Gasteiger partial charge on any atom is 0.354 e. The smallest absolute Gasteiger partial charge is 0.354 e. The highest BCUT2D eigenvalue weighted by molar-refractivity contribution is 9.09. The molecule has 1 aromatic rings. The lowest BCUT2D eigenvalue weighted by molar-refractivity contribution is 0.0324. The van der Waals surface area contributed by atoms with Crippen LogP contribution in [0.5, 0.6) is 0 Å². The van der Waals surface area contributed by atoms with Crippen LogP contribution >= 0.6 is 15.9 Å². The molecule has 0 amide bonds. The number of aliphatic hydroxyl groups excluding tert-OH is 2. The molecule has 6 heteroatoms. The number of nitrogens with zero attached hydrogens (tertiary/aromatic N) is 1. The predicted octanol–water partition coefficient (Wildman–Crippen LogP) is 0.569. The third-order valence-corrected chi connectivity index (χ3v) is 2.55. The van der Waals surface area contributed by atoms with E-state index in [1.54, 1.807) is 0 Å². The van der Waals surface area contributed by atoms with Crippen LogP contribution in [0.25, 0.3) is 0 Å². The van der Waals surface area contributed by atoms with E-state index in [1.807, 2.05) is 0 Å². The van der Waals surface area contributed by atoms with Crippen molar-refractivity contribution in [2.24, 2.45) is 0 Å². The quantitative estimate of drug-likeness (QED) is 0.699. The monoisotopic (exact) mass is 275 g/mol. The highest BCUT2D eigenvalue weighted by atomic mass is 79.9. The van der Waals surface area contributed by atoms with Gasteiger partial charge in [-0.3, -0.25) is 0 Å². The Morgan fingerprint density at radius 1 is 1.53 bits per heavy atom. The Morgan fingerprint density at radius 2 is 2.20 bits per heavy atom. The summed E-state index contributed by atoms with van der Waals surface area (Å²) in [5, 5.41) is 28.0. The molecule has 0 radical (unpaired) electrons. The molecule has 0 bridgehead atoms. The molecule has 0 spiro atoms. The van der Waals surface area contributed by atoms with Crippen LogP contribution in [-0.4, -0.2) is 37.7 Å². The molecule has 1 heterocycles. The number of hydrogen-bond donors (Lipinski definition) is 3. The number of carbonyl (C=O) groups is 1. The molecule has 0 aliphatic carbocycles. The van der Waals surface area contributed by atoms with E-state index in [9.17, 15) is 15.0 Å². The van der Waals surface area contributed by atoms with Crippen LogP contribution in [0.1, 0.15) is 22.2 Å². The lowest BCUT2D eigenvalue weighted by Gasteiger charge is -2.16. The van der Waals surface area contributed by atoms with Gasteiger partial charge in [-0.25, -0.2) is 9.78 Å². The number of aliphatic hydroxyl groups is 2. The summed E-state index contributed by atoms with van der Waals surface area (Å²) in [7, 11) is 0. The summed E-state index contributed by atoms with van der Waals surface area (Å²) in [6.07, 6.45) is -1.00. The van der Waals surface area contributed by atoms with Crippen molar-refractivity contribution in [2.45, 2.75) is 12.2 Å². The molecule has 2 unspecified atom stereocenters. The number of alkyl halides is 1. The first-order valence-corrected chi connectivity index (χ1v) is 5.30. The van der Waals surface area contributed by atoms with Gasteiger partial charge in [0.2, 0.25) is 0 Å². The van der Waals surface area contributed by atoms with Gasteiger partial charge in [-0.1, -0.05) is 22.0 Å². The van der Waals surface area contributed by atoms with Gasteiger partial charge in [0.25, 0.3) is 0 Å². The molecule has 2 atom stereocenters. The highest BCUT2D eigenvalue weighted by Gasteiger charge is 2.23. The van der Waals surface area contributed by atoms with Gasteiger partial charge in [-0.15, -0.1) is 0 Å². The van der Waals surface area contributed by atoms with E-state index in [0.29, 0.717) is 0 Å². The van der Waals surface area contributed by atoms with E-state index in [1.165, 1.54) is 18.3 Å². The fraction of sp³-hybridized carbons (Fsp3) is 0.333. The molecule has 1 rings (SSSR count). The summed E-state index contributed by atoms with van der Waals surface area (Å²) in [5.74, 6) is -1.23. The summed E-state index contributed by atoms with van der Waals surface area (Å²) >= 11 is 3.00. The van der Waals surface area contributed by atoms with Crippen molar-refractivity contribution < 1.29 is 20.1 Å². The van der Waals surface area contributed by atoms with E-state index in [-0.39, 0.29) is 16.6 Å². The van der Waals surface area contributed by atoms with Crippen molar-refractivity contribution in [1.29, 1.82) is 0 Å². The van der Waals surface area contributed by atoms with Crippen molar-refractivity contribution >= 4 is 21.9 Å².